The summed E-state index contributed by atoms with van der Waals surface area (Å²) >= 11 is 0. The number of carbonyl (C=O) groups excluding carboxylic acids is 3. The van der Waals surface area contributed by atoms with Crippen molar-refractivity contribution in [1.82, 2.24) is 0 Å². The first-order chi connectivity index (χ1) is 18.9. The first kappa shape index (κ1) is 28.7. The van der Waals surface area contributed by atoms with E-state index in [9.17, 15) is 14.4 Å². The number of ether oxygens (including phenoxy) is 5. The second-order valence-corrected chi connectivity index (χ2v) is 8.34. The average Bonchev–Trinajstić information content (AvgIpc) is 2.94. The minimum Gasteiger partial charge on any atom is -0.494 e. The van der Waals surface area contributed by atoms with Crippen LogP contribution in [0.2, 0.25) is 0 Å². The molecule has 202 valence electrons. The van der Waals surface area contributed by atoms with Crippen LogP contribution in [-0.2, 0) is 19.1 Å². The Balaban J connectivity index is 1.45. The van der Waals surface area contributed by atoms with Crippen molar-refractivity contribution in [1.29, 1.82) is 0 Å². The average molecular weight is 531 g/mol. The van der Waals surface area contributed by atoms with Crippen molar-refractivity contribution in [2.24, 2.45) is 0 Å². The Morgan fingerprint density at radius 2 is 1.28 bits per heavy atom. The number of carbonyl (C=O) groups is 3. The molecule has 0 aliphatic heterocycles. The van der Waals surface area contributed by atoms with Crippen molar-refractivity contribution in [3.8, 4) is 28.4 Å². The summed E-state index contributed by atoms with van der Waals surface area (Å²) in [6, 6.07) is 21.2. The van der Waals surface area contributed by atoms with E-state index in [1.165, 1.54) is 0 Å². The van der Waals surface area contributed by atoms with Crippen LogP contribution in [0.25, 0.3) is 11.1 Å². The van der Waals surface area contributed by atoms with E-state index in [1.54, 1.807) is 43.3 Å². The molecule has 8 nitrogen and oxygen atoms in total. The predicted molar refractivity (Wildman–Crippen MR) is 146 cm³/mol. The molecular formula is C31H30O8. The number of benzene rings is 3. The topological polar surface area (TPSA) is 97.4 Å². The van der Waals surface area contributed by atoms with E-state index in [0.29, 0.717) is 41.4 Å². The predicted octanol–water partition coefficient (Wildman–Crippen LogP) is 5.92. The molecule has 8 heteroatoms. The van der Waals surface area contributed by atoms with Crippen molar-refractivity contribution in [2.75, 3.05) is 19.8 Å². The third kappa shape index (κ3) is 9.51. The highest BCUT2D eigenvalue weighted by Crippen LogP contribution is 2.24. The monoisotopic (exact) mass is 530 g/mol. The SMILES string of the molecule is C=COC(=O)CCCOc1ccc(OC(=O)c2ccc(-c3ccc(OCCOC(=O)C(=C)C)cc3)cc2)cc1. The lowest BCUT2D eigenvalue weighted by Crippen LogP contribution is -2.12. The molecule has 3 aromatic carbocycles. The Hall–Kier alpha value is -4.85. The molecule has 0 spiro atoms. The Morgan fingerprint density at radius 1 is 0.744 bits per heavy atom. The first-order valence-corrected chi connectivity index (χ1v) is 12.3. The van der Waals surface area contributed by atoms with Gasteiger partial charge in [-0.1, -0.05) is 37.4 Å². The Kier molecular flexibility index (Phi) is 10.9. The number of rotatable bonds is 14. The molecule has 0 unspecified atom stereocenters. The van der Waals surface area contributed by atoms with E-state index >= 15 is 0 Å². The molecule has 3 rings (SSSR count). The van der Waals surface area contributed by atoms with E-state index in [2.05, 4.69) is 17.9 Å². The van der Waals surface area contributed by atoms with Crippen LogP contribution in [0.15, 0.2) is 97.8 Å². The van der Waals surface area contributed by atoms with Gasteiger partial charge in [0.15, 0.2) is 0 Å². The molecule has 39 heavy (non-hydrogen) atoms. The van der Waals surface area contributed by atoms with E-state index in [0.717, 1.165) is 17.4 Å². The zero-order valence-corrected chi connectivity index (χ0v) is 21.7. The van der Waals surface area contributed by atoms with Crippen LogP contribution in [0.3, 0.4) is 0 Å². The molecule has 0 amide bonds. The molecule has 0 N–H and O–H groups in total. The first-order valence-electron chi connectivity index (χ1n) is 12.3. The molecule has 3 aromatic rings. The van der Waals surface area contributed by atoms with Crippen LogP contribution in [-0.4, -0.2) is 37.7 Å². The molecular weight excluding hydrogens is 500 g/mol. The van der Waals surface area contributed by atoms with Gasteiger partial charge in [0.05, 0.1) is 18.4 Å². The van der Waals surface area contributed by atoms with Crippen LogP contribution in [0, 0.1) is 0 Å². The highest BCUT2D eigenvalue weighted by molar-refractivity contribution is 5.91. The summed E-state index contributed by atoms with van der Waals surface area (Å²) in [5.41, 5.74) is 2.63. The maximum absolute atomic E-state index is 12.6. The standard InChI is InChI=1S/C31H30O8/c1-4-35-29(32)6-5-19-36-27-15-17-28(18-16-27)39-31(34)25-9-7-23(8-10-25)24-11-13-26(14-12-24)37-20-21-38-30(33)22(2)3/h4,7-18H,1-2,5-6,19-21H2,3H3. The highest BCUT2D eigenvalue weighted by Gasteiger charge is 2.10. The lowest BCUT2D eigenvalue weighted by atomic mass is 10.0. The van der Waals surface area contributed by atoms with Gasteiger partial charge in [-0.05, 0) is 73.0 Å². The van der Waals surface area contributed by atoms with Gasteiger partial charge in [0.2, 0.25) is 0 Å². The van der Waals surface area contributed by atoms with Crippen LogP contribution in [0.5, 0.6) is 17.2 Å². The van der Waals surface area contributed by atoms with Gasteiger partial charge in [0, 0.05) is 12.0 Å². The van der Waals surface area contributed by atoms with E-state index in [4.69, 9.17) is 18.9 Å². The van der Waals surface area contributed by atoms with Crippen LogP contribution >= 0.6 is 0 Å². The fourth-order valence-electron chi connectivity index (χ4n) is 3.29. The summed E-state index contributed by atoms with van der Waals surface area (Å²) in [7, 11) is 0. The third-order valence-electron chi connectivity index (χ3n) is 5.28. The summed E-state index contributed by atoms with van der Waals surface area (Å²) in [6.07, 6.45) is 1.84. The maximum Gasteiger partial charge on any atom is 0.343 e. The third-order valence-corrected chi connectivity index (χ3v) is 5.28. The summed E-state index contributed by atoms with van der Waals surface area (Å²) in [4.78, 5) is 35.2. The van der Waals surface area contributed by atoms with Crippen molar-refractivity contribution in [3.05, 3.63) is 103 Å². The molecule has 0 aliphatic carbocycles. The molecule has 0 saturated carbocycles. The van der Waals surface area contributed by atoms with Crippen molar-refractivity contribution >= 4 is 17.9 Å². The van der Waals surface area contributed by atoms with Crippen LogP contribution < -0.4 is 14.2 Å². The summed E-state index contributed by atoms with van der Waals surface area (Å²) in [5, 5.41) is 0. The minimum atomic E-state index is -0.480. The smallest absolute Gasteiger partial charge is 0.343 e. The van der Waals surface area contributed by atoms with E-state index in [1.807, 2.05) is 36.4 Å². The van der Waals surface area contributed by atoms with Gasteiger partial charge in [-0.2, -0.15) is 0 Å². The van der Waals surface area contributed by atoms with Crippen molar-refractivity contribution < 1.29 is 38.1 Å². The molecule has 0 fully saturated rings. The number of esters is 3. The van der Waals surface area contributed by atoms with Gasteiger partial charge >= 0.3 is 17.9 Å². The van der Waals surface area contributed by atoms with Gasteiger partial charge in [-0.3, -0.25) is 4.79 Å². The molecule has 0 heterocycles. The molecule has 0 atom stereocenters. The quantitative estimate of drug-likeness (QED) is 0.0833. The van der Waals surface area contributed by atoms with Crippen LogP contribution in [0.4, 0.5) is 0 Å². The zero-order chi connectivity index (χ0) is 28.0. The molecule has 0 saturated heterocycles. The summed E-state index contributed by atoms with van der Waals surface area (Å²) in [5.74, 6) is 0.350. The molecule has 0 aliphatic rings. The number of hydrogen-bond acceptors (Lipinski definition) is 8. The molecule has 0 bridgehead atoms. The second-order valence-electron chi connectivity index (χ2n) is 8.34. The van der Waals surface area contributed by atoms with Gasteiger partial charge < -0.3 is 23.7 Å². The van der Waals surface area contributed by atoms with Gasteiger partial charge in [-0.25, -0.2) is 9.59 Å². The Labute approximate surface area is 227 Å². The number of hydrogen-bond donors (Lipinski definition) is 0. The summed E-state index contributed by atoms with van der Waals surface area (Å²) < 4.78 is 26.3. The fraction of sp³-hybridized carbons (Fsp3) is 0.194. The van der Waals surface area contributed by atoms with Crippen molar-refractivity contribution in [3.63, 3.8) is 0 Å². The fourth-order valence-corrected chi connectivity index (χ4v) is 3.29. The Bertz CT molecular complexity index is 1280. The lowest BCUT2D eigenvalue weighted by molar-refractivity contribution is -0.140. The van der Waals surface area contributed by atoms with E-state index < -0.39 is 11.9 Å². The van der Waals surface area contributed by atoms with Gasteiger partial charge in [0.1, 0.15) is 30.5 Å². The largest absolute Gasteiger partial charge is 0.494 e. The highest BCUT2D eigenvalue weighted by atomic mass is 16.6. The van der Waals surface area contributed by atoms with Crippen molar-refractivity contribution in [2.45, 2.75) is 19.8 Å². The summed E-state index contributed by atoms with van der Waals surface area (Å²) in [6.45, 7) is 9.17. The lowest BCUT2D eigenvalue weighted by Gasteiger charge is -2.09. The van der Waals surface area contributed by atoms with Gasteiger partial charge in [0.25, 0.3) is 0 Å². The Morgan fingerprint density at radius 3 is 1.87 bits per heavy atom. The molecule has 0 radical (unpaired) electrons. The maximum atomic E-state index is 12.6. The minimum absolute atomic E-state index is 0.138. The molecule has 0 aromatic heterocycles. The van der Waals surface area contributed by atoms with E-state index in [-0.39, 0.29) is 25.6 Å². The van der Waals surface area contributed by atoms with Gasteiger partial charge in [-0.15, -0.1) is 0 Å². The van der Waals surface area contributed by atoms with Crippen LogP contribution in [0.1, 0.15) is 30.1 Å². The second kappa shape index (κ2) is 14.8. The normalized spacial score (nSPS) is 10.2. The zero-order valence-electron chi connectivity index (χ0n) is 21.7.